The number of hydrogen-bond donors (Lipinski definition) is 0. The van der Waals surface area contributed by atoms with Gasteiger partial charge in [0, 0.05) is 18.3 Å². The molecule has 1 heterocycles. The van der Waals surface area contributed by atoms with E-state index >= 15 is 0 Å². The summed E-state index contributed by atoms with van der Waals surface area (Å²) in [6.45, 7) is 9.25. The first-order valence-corrected chi connectivity index (χ1v) is 3.58. The summed E-state index contributed by atoms with van der Waals surface area (Å²) in [5, 5.41) is 0. The molecule has 1 aromatic heterocycles. The lowest BCUT2D eigenvalue weighted by atomic mass is 10.5. The molecule has 0 saturated heterocycles. The molecule has 1 rings (SSSR count). The molecule has 0 spiro atoms. The summed E-state index contributed by atoms with van der Waals surface area (Å²) in [6, 6.07) is 5.07. The summed E-state index contributed by atoms with van der Waals surface area (Å²) in [5.41, 5.74) is 0. The lowest BCUT2D eigenvalue weighted by Crippen LogP contribution is -2.03. The smallest absolute Gasteiger partial charge is 0.336 e. The lowest BCUT2D eigenvalue weighted by molar-refractivity contribution is -0.129. The van der Waals surface area contributed by atoms with E-state index < -0.39 is 5.97 Å². The van der Waals surface area contributed by atoms with Crippen LogP contribution in [-0.4, -0.2) is 11.0 Å². The summed E-state index contributed by atoms with van der Waals surface area (Å²) in [6.07, 6.45) is 2.64. The molecule has 0 bridgehead atoms. The summed E-state index contributed by atoms with van der Waals surface area (Å²) >= 11 is 0. The molecular weight excluding hydrogens is 166 g/mol. The maximum atomic E-state index is 10.6. The van der Waals surface area contributed by atoms with Gasteiger partial charge in [0.05, 0.1) is 0 Å². The third-order valence-corrected chi connectivity index (χ3v) is 1.01. The number of pyridine rings is 1. The average Bonchev–Trinajstić information content (AvgIpc) is 2.22. The highest BCUT2D eigenvalue weighted by atomic mass is 16.5. The SMILES string of the molecule is C=C.C=CC(=O)Oc1ccccn1. The van der Waals surface area contributed by atoms with E-state index in [-0.39, 0.29) is 5.88 Å². The van der Waals surface area contributed by atoms with Gasteiger partial charge in [-0.3, -0.25) is 0 Å². The molecule has 0 amide bonds. The predicted octanol–water partition coefficient (Wildman–Crippen LogP) is 1.98. The second kappa shape index (κ2) is 6.79. The molecule has 68 valence electrons. The van der Waals surface area contributed by atoms with Crippen molar-refractivity contribution in [2.45, 2.75) is 0 Å². The van der Waals surface area contributed by atoms with Crippen LogP contribution in [0.2, 0.25) is 0 Å². The Morgan fingerprint density at radius 2 is 2.15 bits per heavy atom. The standard InChI is InChI=1S/C8H7NO2.C2H4/c1-2-8(10)11-7-5-3-4-6-9-7;1-2/h2-6H,1H2;1-2H2. The van der Waals surface area contributed by atoms with Gasteiger partial charge in [0.25, 0.3) is 0 Å². The van der Waals surface area contributed by atoms with Gasteiger partial charge in [0.1, 0.15) is 0 Å². The van der Waals surface area contributed by atoms with Crippen molar-refractivity contribution < 1.29 is 9.53 Å². The average molecular weight is 177 g/mol. The Morgan fingerprint density at radius 1 is 1.46 bits per heavy atom. The molecule has 3 nitrogen and oxygen atoms in total. The number of ether oxygens (including phenoxy) is 1. The number of esters is 1. The monoisotopic (exact) mass is 177 g/mol. The van der Waals surface area contributed by atoms with Gasteiger partial charge in [0.15, 0.2) is 0 Å². The molecule has 0 atom stereocenters. The van der Waals surface area contributed by atoms with E-state index in [2.05, 4.69) is 24.7 Å². The second-order valence-electron chi connectivity index (χ2n) is 1.79. The van der Waals surface area contributed by atoms with Crippen LogP contribution in [0.15, 0.2) is 50.2 Å². The largest absolute Gasteiger partial charge is 0.404 e. The van der Waals surface area contributed by atoms with Crippen LogP contribution < -0.4 is 4.74 Å². The Morgan fingerprint density at radius 3 is 2.62 bits per heavy atom. The minimum Gasteiger partial charge on any atom is -0.404 e. The maximum Gasteiger partial charge on any atom is 0.336 e. The molecule has 0 aliphatic heterocycles. The summed E-state index contributed by atoms with van der Waals surface area (Å²) < 4.78 is 4.70. The molecule has 0 fully saturated rings. The molecule has 0 saturated carbocycles. The summed E-state index contributed by atoms with van der Waals surface area (Å²) in [7, 11) is 0. The first kappa shape index (κ1) is 11.1. The van der Waals surface area contributed by atoms with Crippen LogP contribution >= 0.6 is 0 Å². The quantitative estimate of drug-likeness (QED) is 0.394. The van der Waals surface area contributed by atoms with Gasteiger partial charge >= 0.3 is 5.97 Å². The van der Waals surface area contributed by atoms with Gasteiger partial charge in [-0.15, -0.1) is 13.2 Å². The Hall–Kier alpha value is -1.90. The van der Waals surface area contributed by atoms with Gasteiger partial charge in [0.2, 0.25) is 5.88 Å². The zero-order chi connectivity index (χ0) is 10.1. The highest BCUT2D eigenvalue weighted by molar-refractivity contribution is 5.82. The molecule has 0 radical (unpaired) electrons. The molecule has 0 aromatic carbocycles. The van der Waals surface area contributed by atoms with Gasteiger partial charge in [-0.1, -0.05) is 12.6 Å². The molecule has 0 unspecified atom stereocenters. The fourth-order valence-electron chi connectivity index (χ4n) is 0.552. The molecular formula is C10H11NO2. The van der Waals surface area contributed by atoms with Crippen molar-refractivity contribution in [1.82, 2.24) is 4.98 Å². The van der Waals surface area contributed by atoms with Crippen LogP contribution in [0.4, 0.5) is 0 Å². The fourth-order valence-corrected chi connectivity index (χ4v) is 0.552. The topological polar surface area (TPSA) is 39.2 Å². The minimum absolute atomic E-state index is 0.289. The zero-order valence-corrected chi connectivity index (χ0v) is 7.27. The van der Waals surface area contributed by atoms with Crippen molar-refractivity contribution in [1.29, 1.82) is 0 Å². The molecule has 0 aliphatic rings. The van der Waals surface area contributed by atoms with Crippen LogP contribution in [0.25, 0.3) is 0 Å². The highest BCUT2D eigenvalue weighted by Gasteiger charge is 1.97. The van der Waals surface area contributed by atoms with E-state index in [0.717, 1.165) is 6.08 Å². The Balaban J connectivity index is 0.000000671. The van der Waals surface area contributed by atoms with E-state index in [4.69, 9.17) is 4.74 Å². The Kier molecular flexibility index (Phi) is 5.80. The third kappa shape index (κ3) is 4.53. The van der Waals surface area contributed by atoms with Crippen LogP contribution in [-0.2, 0) is 4.79 Å². The minimum atomic E-state index is -0.497. The number of aromatic nitrogens is 1. The van der Waals surface area contributed by atoms with Gasteiger partial charge in [-0.2, -0.15) is 0 Å². The van der Waals surface area contributed by atoms with Crippen molar-refractivity contribution in [3.63, 3.8) is 0 Å². The lowest BCUT2D eigenvalue weighted by Gasteiger charge is -1.96. The number of carbonyl (C=O) groups is 1. The van der Waals surface area contributed by atoms with Crippen LogP contribution in [0.3, 0.4) is 0 Å². The number of nitrogens with zero attached hydrogens (tertiary/aromatic N) is 1. The van der Waals surface area contributed by atoms with Crippen LogP contribution in [0, 0.1) is 0 Å². The van der Waals surface area contributed by atoms with E-state index in [9.17, 15) is 4.79 Å². The van der Waals surface area contributed by atoms with E-state index in [0.29, 0.717) is 0 Å². The maximum absolute atomic E-state index is 10.6. The Labute approximate surface area is 77.4 Å². The summed E-state index contributed by atoms with van der Waals surface area (Å²) in [4.78, 5) is 14.4. The van der Waals surface area contributed by atoms with E-state index in [1.54, 1.807) is 24.4 Å². The predicted molar refractivity (Wildman–Crippen MR) is 51.3 cm³/mol. The van der Waals surface area contributed by atoms with Gasteiger partial charge < -0.3 is 4.74 Å². The molecule has 0 N–H and O–H groups in total. The van der Waals surface area contributed by atoms with Crippen molar-refractivity contribution in [2.75, 3.05) is 0 Å². The normalized spacial score (nSPS) is 7.69. The first-order chi connectivity index (χ1) is 6.33. The Bertz CT molecular complexity index is 270. The molecule has 0 aliphatic carbocycles. The zero-order valence-electron chi connectivity index (χ0n) is 7.27. The molecule has 1 aromatic rings. The number of hydrogen-bond acceptors (Lipinski definition) is 3. The van der Waals surface area contributed by atoms with Crippen molar-refractivity contribution in [3.05, 3.63) is 50.2 Å². The molecule has 3 heteroatoms. The van der Waals surface area contributed by atoms with E-state index in [1.807, 2.05) is 0 Å². The van der Waals surface area contributed by atoms with Crippen molar-refractivity contribution in [2.24, 2.45) is 0 Å². The third-order valence-electron chi connectivity index (χ3n) is 1.01. The summed E-state index contributed by atoms with van der Waals surface area (Å²) in [5.74, 6) is -0.207. The van der Waals surface area contributed by atoms with Crippen LogP contribution in [0.1, 0.15) is 0 Å². The fraction of sp³-hybridized carbons (Fsp3) is 0. The van der Waals surface area contributed by atoms with Gasteiger partial charge in [-0.25, -0.2) is 9.78 Å². The number of carbonyl (C=O) groups excluding carboxylic acids is 1. The number of rotatable bonds is 2. The molecule has 13 heavy (non-hydrogen) atoms. The highest BCUT2D eigenvalue weighted by Crippen LogP contribution is 2.02. The second-order valence-corrected chi connectivity index (χ2v) is 1.79. The van der Waals surface area contributed by atoms with Crippen LogP contribution in [0.5, 0.6) is 5.88 Å². The first-order valence-electron chi connectivity index (χ1n) is 3.58. The van der Waals surface area contributed by atoms with Gasteiger partial charge in [-0.05, 0) is 6.07 Å². The van der Waals surface area contributed by atoms with E-state index in [1.165, 1.54) is 0 Å². The van der Waals surface area contributed by atoms with Crippen molar-refractivity contribution in [3.8, 4) is 5.88 Å². The van der Waals surface area contributed by atoms with Crippen molar-refractivity contribution >= 4 is 5.97 Å².